The Kier molecular flexibility index (Phi) is 3.21. The van der Waals surface area contributed by atoms with Crippen LogP contribution in [0.15, 0.2) is 35.5 Å². The second-order valence-corrected chi connectivity index (χ2v) is 5.40. The van der Waals surface area contributed by atoms with E-state index in [0.717, 1.165) is 6.07 Å². The number of non-ortho nitro benzene ring substituents is 1. The number of aryl methyl sites for hydroxylation is 1. The predicted molar refractivity (Wildman–Crippen MR) is 67.2 cm³/mol. The van der Waals surface area contributed by atoms with E-state index in [1.165, 1.54) is 24.4 Å². The number of H-pyrrole nitrogens is 1. The molecule has 0 spiro atoms. The Labute approximate surface area is 108 Å². The topological polar surface area (TPSA) is 118 Å². The van der Waals surface area contributed by atoms with Gasteiger partial charge in [-0.2, -0.15) is 8.42 Å². The Balaban J connectivity index is 2.30. The number of hydrogen-bond donors (Lipinski definition) is 2. The summed E-state index contributed by atoms with van der Waals surface area (Å²) in [5, 5.41) is 10.5. The van der Waals surface area contributed by atoms with Crippen molar-refractivity contribution in [2.24, 2.45) is 0 Å². The third kappa shape index (κ3) is 2.88. The van der Waals surface area contributed by atoms with Crippen molar-refractivity contribution in [3.8, 4) is 0 Å². The Morgan fingerprint density at radius 1 is 1.42 bits per heavy atom. The largest absolute Gasteiger partial charge is 0.332 e. The molecule has 1 aromatic carbocycles. The molecule has 0 saturated heterocycles. The molecule has 9 heteroatoms. The van der Waals surface area contributed by atoms with E-state index >= 15 is 0 Å². The summed E-state index contributed by atoms with van der Waals surface area (Å²) in [7, 11) is -3.83. The molecule has 19 heavy (non-hydrogen) atoms. The lowest BCUT2D eigenvalue weighted by Gasteiger charge is -2.05. The molecule has 0 bridgehead atoms. The van der Waals surface area contributed by atoms with Crippen LogP contribution in [0.3, 0.4) is 0 Å². The van der Waals surface area contributed by atoms with Crippen molar-refractivity contribution < 1.29 is 13.3 Å². The van der Waals surface area contributed by atoms with Gasteiger partial charge in [-0.1, -0.05) is 6.07 Å². The molecular formula is C10H10N4O4S. The van der Waals surface area contributed by atoms with Crippen LogP contribution in [0.5, 0.6) is 0 Å². The lowest BCUT2D eigenvalue weighted by Crippen LogP contribution is -2.13. The Morgan fingerprint density at radius 2 is 2.16 bits per heavy atom. The first-order valence-electron chi connectivity index (χ1n) is 5.17. The number of nitro groups is 1. The highest BCUT2D eigenvalue weighted by Crippen LogP contribution is 2.19. The number of aromatic nitrogens is 2. The minimum Gasteiger partial charge on any atom is -0.332 e. The van der Waals surface area contributed by atoms with Gasteiger partial charge in [0, 0.05) is 12.1 Å². The fourth-order valence-corrected chi connectivity index (χ4v) is 2.45. The highest BCUT2D eigenvalue weighted by molar-refractivity contribution is 7.92. The molecule has 0 amide bonds. The van der Waals surface area contributed by atoms with Crippen molar-refractivity contribution in [2.75, 3.05) is 4.72 Å². The molecule has 2 aromatic rings. The van der Waals surface area contributed by atoms with Gasteiger partial charge in [-0.15, -0.1) is 0 Å². The van der Waals surface area contributed by atoms with E-state index in [-0.39, 0.29) is 16.4 Å². The summed E-state index contributed by atoms with van der Waals surface area (Å²) in [6.07, 6.45) is 1.18. The van der Waals surface area contributed by atoms with Crippen LogP contribution in [0.2, 0.25) is 0 Å². The normalized spacial score (nSPS) is 11.2. The molecule has 2 N–H and O–H groups in total. The molecule has 2 rings (SSSR count). The Morgan fingerprint density at radius 3 is 2.74 bits per heavy atom. The molecule has 0 atom stereocenters. The fraction of sp³-hybridized carbons (Fsp3) is 0.100. The lowest BCUT2D eigenvalue weighted by atomic mass is 10.3. The number of hydrogen-bond acceptors (Lipinski definition) is 5. The van der Waals surface area contributed by atoms with Gasteiger partial charge in [-0.05, 0) is 13.0 Å². The van der Waals surface area contributed by atoms with Crippen molar-refractivity contribution in [1.29, 1.82) is 0 Å². The van der Waals surface area contributed by atoms with E-state index in [1.807, 2.05) is 0 Å². The summed E-state index contributed by atoms with van der Waals surface area (Å²) in [6.45, 7) is 1.62. The van der Waals surface area contributed by atoms with Crippen LogP contribution >= 0.6 is 0 Å². The van der Waals surface area contributed by atoms with Crippen LogP contribution in [0.1, 0.15) is 5.82 Å². The number of sulfonamides is 1. The fourth-order valence-electron chi connectivity index (χ4n) is 1.43. The molecule has 100 valence electrons. The SMILES string of the molecule is Cc1ncc(S(=O)(=O)Nc2cccc([N+](=O)[O-])c2)[nH]1. The smallest absolute Gasteiger partial charge is 0.278 e. The van der Waals surface area contributed by atoms with Crippen molar-refractivity contribution >= 4 is 21.4 Å². The number of benzene rings is 1. The number of aromatic amines is 1. The zero-order chi connectivity index (χ0) is 14.0. The van der Waals surface area contributed by atoms with Crippen molar-refractivity contribution in [2.45, 2.75) is 11.9 Å². The molecule has 0 radical (unpaired) electrons. The minimum absolute atomic E-state index is 0.100. The zero-order valence-corrected chi connectivity index (χ0v) is 10.6. The lowest BCUT2D eigenvalue weighted by molar-refractivity contribution is -0.384. The average molecular weight is 282 g/mol. The van der Waals surface area contributed by atoms with Gasteiger partial charge in [-0.25, -0.2) is 4.98 Å². The van der Waals surface area contributed by atoms with Crippen molar-refractivity contribution in [1.82, 2.24) is 9.97 Å². The van der Waals surface area contributed by atoms with Crippen LogP contribution in [-0.4, -0.2) is 23.3 Å². The first-order valence-corrected chi connectivity index (χ1v) is 6.66. The molecule has 1 heterocycles. The third-order valence-corrected chi connectivity index (χ3v) is 3.57. The summed E-state index contributed by atoms with van der Waals surface area (Å²) >= 11 is 0. The van der Waals surface area contributed by atoms with Gasteiger partial charge >= 0.3 is 0 Å². The minimum atomic E-state index is -3.83. The van der Waals surface area contributed by atoms with Crippen molar-refractivity contribution in [3.05, 3.63) is 46.4 Å². The van der Waals surface area contributed by atoms with Crippen molar-refractivity contribution in [3.63, 3.8) is 0 Å². The maximum Gasteiger partial charge on any atom is 0.278 e. The standard InChI is InChI=1S/C10H10N4O4S/c1-7-11-6-10(12-7)19(17,18)13-8-3-2-4-9(5-8)14(15)16/h2-6,13H,1H3,(H,11,12). The van der Waals surface area contributed by atoms with Gasteiger partial charge in [-0.3, -0.25) is 14.8 Å². The summed E-state index contributed by atoms with van der Waals surface area (Å²) < 4.78 is 26.1. The Bertz CT molecular complexity index is 723. The molecule has 0 aliphatic heterocycles. The average Bonchev–Trinajstić information content (AvgIpc) is 2.76. The van der Waals surface area contributed by atoms with E-state index in [0.29, 0.717) is 5.82 Å². The highest BCUT2D eigenvalue weighted by Gasteiger charge is 2.17. The maximum absolute atomic E-state index is 11.9. The third-order valence-electron chi connectivity index (χ3n) is 2.28. The van der Waals surface area contributed by atoms with Crippen LogP contribution in [0.4, 0.5) is 11.4 Å². The summed E-state index contributed by atoms with van der Waals surface area (Å²) in [5.41, 5.74) is -0.0811. The second kappa shape index (κ2) is 4.69. The zero-order valence-electron chi connectivity index (χ0n) is 9.82. The monoisotopic (exact) mass is 282 g/mol. The number of imidazole rings is 1. The summed E-state index contributed by atoms with van der Waals surface area (Å²) in [5.74, 6) is 0.458. The van der Waals surface area contributed by atoms with Gasteiger partial charge in [0.05, 0.1) is 16.8 Å². The molecule has 8 nitrogen and oxygen atoms in total. The summed E-state index contributed by atoms with van der Waals surface area (Å²) in [6, 6.07) is 5.24. The van der Waals surface area contributed by atoms with Crippen LogP contribution in [0, 0.1) is 17.0 Å². The number of nitro benzene ring substituents is 1. The number of nitrogens with zero attached hydrogens (tertiary/aromatic N) is 2. The van der Waals surface area contributed by atoms with Gasteiger partial charge in [0.1, 0.15) is 5.82 Å². The predicted octanol–water partition coefficient (Wildman–Crippen LogP) is 1.43. The molecule has 0 fully saturated rings. The number of nitrogens with one attached hydrogen (secondary N) is 2. The maximum atomic E-state index is 11.9. The van der Waals surface area contributed by atoms with Crippen LogP contribution in [0.25, 0.3) is 0 Å². The number of rotatable bonds is 4. The van der Waals surface area contributed by atoms with Crippen LogP contribution < -0.4 is 4.72 Å². The molecular weight excluding hydrogens is 272 g/mol. The molecule has 0 aliphatic rings. The number of anilines is 1. The second-order valence-electron chi connectivity index (χ2n) is 3.75. The van der Waals surface area contributed by atoms with Gasteiger partial charge in [0.15, 0.2) is 5.03 Å². The Hall–Kier alpha value is -2.42. The quantitative estimate of drug-likeness (QED) is 0.649. The van der Waals surface area contributed by atoms with E-state index in [4.69, 9.17) is 0 Å². The van der Waals surface area contributed by atoms with E-state index in [9.17, 15) is 18.5 Å². The van der Waals surface area contributed by atoms with E-state index < -0.39 is 14.9 Å². The van der Waals surface area contributed by atoms with Gasteiger partial charge in [0.2, 0.25) is 0 Å². The van der Waals surface area contributed by atoms with E-state index in [1.54, 1.807) is 6.92 Å². The molecule has 0 saturated carbocycles. The molecule has 0 aliphatic carbocycles. The van der Waals surface area contributed by atoms with Crippen LogP contribution in [-0.2, 0) is 10.0 Å². The molecule has 1 aromatic heterocycles. The first-order chi connectivity index (χ1) is 8.88. The highest BCUT2D eigenvalue weighted by atomic mass is 32.2. The first kappa shape index (κ1) is 13.0. The summed E-state index contributed by atoms with van der Waals surface area (Å²) in [4.78, 5) is 16.4. The molecule has 0 unspecified atom stereocenters. The van der Waals surface area contributed by atoms with E-state index in [2.05, 4.69) is 14.7 Å². The van der Waals surface area contributed by atoms with Gasteiger partial charge < -0.3 is 4.98 Å². The van der Waals surface area contributed by atoms with Gasteiger partial charge in [0.25, 0.3) is 15.7 Å².